The maximum atomic E-state index is 10.8. The third-order valence-corrected chi connectivity index (χ3v) is 2.48. The maximum absolute atomic E-state index is 10.8. The van der Waals surface area contributed by atoms with Gasteiger partial charge in [0.15, 0.2) is 0 Å². The summed E-state index contributed by atoms with van der Waals surface area (Å²) in [5.74, 6) is -1.50. The lowest BCUT2D eigenvalue weighted by molar-refractivity contribution is 0.0697. The standard InChI is InChI=1S/C7H5NO6S/c9-7(10)4-2-1-3-5(6(4)8-11)15(12,13)14/h1-3H,(H,9,10)(H,12,13,14). The number of rotatable bonds is 3. The summed E-state index contributed by atoms with van der Waals surface area (Å²) in [6.45, 7) is 0. The third-order valence-electron chi connectivity index (χ3n) is 1.60. The monoisotopic (exact) mass is 231 g/mol. The van der Waals surface area contributed by atoms with E-state index in [1.807, 2.05) is 0 Å². The molecule has 0 fully saturated rings. The fraction of sp³-hybridized carbons (Fsp3) is 0. The van der Waals surface area contributed by atoms with Crippen LogP contribution in [0.25, 0.3) is 0 Å². The Morgan fingerprint density at radius 3 is 2.33 bits per heavy atom. The van der Waals surface area contributed by atoms with Crippen molar-refractivity contribution in [3.05, 3.63) is 28.7 Å². The van der Waals surface area contributed by atoms with Crippen LogP contribution in [0, 0.1) is 4.91 Å². The molecular weight excluding hydrogens is 226 g/mol. The van der Waals surface area contributed by atoms with Crippen LogP contribution in [-0.4, -0.2) is 24.0 Å². The molecule has 1 aromatic carbocycles. The highest BCUT2D eigenvalue weighted by Gasteiger charge is 2.22. The van der Waals surface area contributed by atoms with E-state index in [-0.39, 0.29) is 0 Å². The molecule has 0 saturated heterocycles. The number of carboxylic acids is 1. The number of benzene rings is 1. The van der Waals surface area contributed by atoms with Crippen molar-refractivity contribution in [3.8, 4) is 0 Å². The molecule has 1 rings (SSSR count). The summed E-state index contributed by atoms with van der Waals surface area (Å²) in [6, 6.07) is 2.98. The van der Waals surface area contributed by atoms with E-state index in [1.54, 1.807) is 0 Å². The Balaban J connectivity index is 3.63. The van der Waals surface area contributed by atoms with E-state index in [0.29, 0.717) is 0 Å². The molecule has 0 saturated carbocycles. The molecule has 80 valence electrons. The van der Waals surface area contributed by atoms with Crippen LogP contribution in [0.5, 0.6) is 0 Å². The smallest absolute Gasteiger partial charge is 0.338 e. The van der Waals surface area contributed by atoms with E-state index in [4.69, 9.17) is 9.66 Å². The van der Waals surface area contributed by atoms with Gasteiger partial charge in [-0.1, -0.05) is 6.07 Å². The molecule has 0 aliphatic rings. The summed E-state index contributed by atoms with van der Waals surface area (Å²) in [5.41, 5.74) is -1.40. The normalized spacial score (nSPS) is 11.0. The summed E-state index contributed by atoms with van der Waals surface area (Å²) < 4.78 is 30.2. The molecular formula is C7H5NO6S. The quantitative estimate of drug-likeness (QED) is 0.591. The van der Waals surface area contributed by atoms with E-state index in [2.05, 4.69) is 5.18 Å². The molecule has 0 radical (unpaired) electrons. The van der Waals surface area contributed by atoms with E-state index in [9.17, 15) is 18.1 Å². The predicted molar refractivity (Wildman–Crippen MR) is 48.7 cm³/mol. The topological polar surface area (TPSA) is 121 Å². The molecule has 0 aromatic heterocycles. The molecule has 0 heterocycles. The van der Waals surface area contributed by atoms with Crippen LogP contribution in [0.3, 0.4) is 0 Å². The highest BCUT2D eigenvalue weighted by Crippen LogP contribution is 2.28. The number of nitrogens with zero attached hydrogens (tertiary/aromatic N) is 1. The molecule has 0 atom stereocenters. The molecule has 0 bridgehead atoms. The summed E-state index contributed by atoms with van der Waals surface area (Å²) in [5, 5.41) is 10.9. The van der Waals surface area contributed by atoms with Crippen LogP contribution in [0.1, 0.15) is 10.4 Å². The first-order chi connectivity index (χ1) is 6.88. The van der Waals surface area contributed by atoms with E-state index in [0.717, 1.165) is 18.2 Å². The number of nitroso groups, excluding NO2 is 1. The van der Waals surface area contributed by atoms with E-state index >= 15 is 0 Å². The molecule has 0 spiro atoms. The van der Waals surface area contributed by atoms with Gasteiger partial charge >= 0.3 is 5.97 Å². The number of carboxylic acid groups (broad SMARTS) is 1. The molecule has 8 heteroatoms. The van der Waals surface area contributed by atoms with Crippen molar-refractivity contribution in [2.24, 2.45) is 5.18 Å². The minimum atomic E-state index is -4.66. The zero-order chi connectivity index (χ0) is 11.6. The first-order valence-corrected chi connectivity index (χ1v) is 4.99. The van der Waals surface area contributed by atoms with Crippen molar-refractivity contribution in [1.29, 1.82) is 0 Å². The number of hydrogen-bond acceptors (Lipinski definition) is 5. The van der Waals surface area contributed by atoms with Gasteiger partial charge in [0.2, 0.25) is 0 Å². The van der Waals surface area contributed by atoms with Crippen LogP contribution in [0.15, 0.2) is 28.3 Å². The van der Waals surface area contributed by atoms with Gasteiger partial charge in [0.05, 0.1) is 5.56 Å². The third kappa shape index (κ3) is 2.17. The van der Waals surface area contributed by atoms with Crippen LogP contribution >= 0.6 is 0 Å². The summed E-state index contributed by atoms with van der Waals surface area (Å²) in [6.07, 6.45) is 0. The summed E-state index contributed by atoms with van der Waals surface area (Å²) in [7, 11) is -4.66. The predicted octanol–water partition coefficient (Wildman–Crippen LogP) is 1.03. The van der Waals surface area contributed by atoms with Crippen molar-refractivity contribution >= 4 is 21.8 Å². The number of hydrogen-bond donors (Lipinski definition) is 2. The van der Waals surface area contributed by atoms with Gasteiger partial charge in [-0.25, -0.2) is 4.79 Å². The lowest BCUT2D eigenvalue weighted by Crippen LogP contribution is -2.03. The Bertz CT molecular complexity index is 520. The van der Waals surface area contributed by atoms with Gasteiger partial charge in [-0.05, 0) is 17.3 Å². The van der Waals surface area contributed by atoms with Crippen LogP contribution < -0.4 is 0 Å². The summed E-state index contributed by atoms with van der Waals surface area (Å²) >= 11 is 0. The average Bonchev–Trinajstić information content (AvgIpc) is 2.15. The van der Waals surface area contributed by atoms with Gasteiger partial charge in [-0.2, -0.15) is 8.42 Å². The van der Waals surface area contributed by atoms with E-state index < -0.39 is 32.2 Å². The van der Waals surface area contributed by atoms with Gasteiger partial charge in [-0.3, -0.25) is 4.55 Å². The first-order valence-electron chi connectivity index (χ1n) is 3.55. The van der Waals surface area contributed by atoms with Gasteiger partial charge in [0.1, 0.15) is 10.6 Å². The Morgan fingerprint density at radius 1 is 1.33 bits per heavy atom. The zero-order valence-electron chi connectivity index (χ0n) is 7.11. The molecule has 0 aliphatic carbocycles. The van der Waals surface area contributed by atoms with Gasteiger partial charge in [0, 0.05) is 0 Å². The van der Waals surface area contributed by atoms with Crippen molar-refractivity contribution in [2.45, 2.75) is 4.90 Å². The highest BCUT2D eigenvalue weighted by atomic mass is 32.2. The SMILES string of the molecule is O=Nc1c(C(=O)O)cccc1S(=O)(=O)O. The second-order valence-corrected chi connectivity index (χ2v) is 3.91. The second-order valence-electron chi connectivity index (χ2n) is 2.52. The minimum Gasteiger partial charge on any atom is -0.478 e. The van der Waals surface area contributed by atoms with Crippen LogP contribution in [0.2, 0.25) is 0 Å². The molecule has 7 nitrogen and oxygen atoms in total. The molecule has 0 amide bonds. The van der Waals surface area contributed by atoms with Crippen molar-refractivity contribution in [2.75, 3.05) is 0 Å². The fourth-order valence-electron chi connectivity index (χ4n) is 0.997. The lowest BCUT2D eigenvalue weighted by atomic mass is 10.2. The minimum absolute atomic E-state index is 0.583. The molecule has 0 unspecified atom stereocenters. The fourth-order valence-corrected chi connectivity index (χ4v) is 1.64. The number of aromatic carboxylic acids is 1. The molecule has 15 heavy (non-hydrogen) atoms. The molecule has 0 aliphatic heterocycles. The lowest BCUT2D eigenvalue weighted by Gasteiger charge is -2.02. The van der Waals surface area contributed by atoms with Crippen LogP contribution in [0.4, 0.5) is 5.69 Å². The number of carbonyl (C=O) groups is 1. The van der Waals surface area contributed by atoms with Crippen molar-refractivity contribution < 1.29 is 22.9 Å². The van der Waals surface area contributed by atoms with Crippen molar-refractivity contribution in [1.82, 2.24) is 0 Å². The Labute approximate surface area is 84.1 Å². The average molecular weight is 231 g/mol. The second kappa shape index (κ2) is 3.75. The molecule has 2 N–H and O–H groups in total. The van der Waals surface area contributed by atoms with Crippen LogP contribution in [-0.2, 0) is 10.1 Å². The largest absolute Gasteiger partial charge is 0.478 e. The first kappa shape index (κ1) is 11.3. The maximum Gasteiger partial charge on any atom is 0.338 e. The Morgan fingerprint density at radius 2 is 1.93 bits per heavy atom. The van der Waals surface area contributed by atoms with Gasteiger partial charge in [0.25, 0.3) is 10.1 Å². The van der Waals surface area contributed by atoms with E-state index in [1.165, 1.54) is 0 Å². The zero-order valence-corrected chi connectivity index (χ0v) is 7.93. The Hall–Kier alpha value is -1.80. The summed E-state index contributed by atoms with van der Waals surface area (Å²) in [4.78, 5) is 20.1. The van der Waals surface area contributed by atoms with Gasteiger partial charge < -0.3 is 5.11 Å². The Kier molecular flexibility index (Phi) is 2.82. The molecule has 1 aromatic rings. The van der Waals surface area contributed by atoms with Crippen molar-refractivity contribution in [3.63, 3.8) is 0 Å². The van der Waals surface area contributed by atoms with Gasteiger partial charge in [-0.15, -0.1) is 4.91 Å². The highest BCUT2D eigenvalue weighted by molar-refractivity contribution is 7.86.